The number of hydrogen-bond acceptors (Lipinski definition) is 2. The number of nitrogens with one attached hydrogen (secondary N) is 2. The summed E-state index contributed by atoms with van der Waals surface area (Å²) in [5.74, 6) is 0.436. The van der Waals surface area contributed by atoms with Crippen LogP contribution in [0.15, 0.2) is 24.3 Å². The van der Waals surface area contributed by atoms with Crippen LogP contribution in [0.1, 0.15) is 31.9 Å². The second-order valence-electron chi connectivity index (χ2n) is 4.92. The van der Waals surface area contributed by atoms with E-state index in [1.54, 1.807) is 0 Å². The number of nitrogens with two attached hydrogens (primary N) is 1. The van der Waals surface area contributed by atoms with Gasteiger partial charge in [0.15, 0.2) is 0 Å². The Bertz CT molecular complexity index is 346. The Labute approximate surface area is 97.6 Å². The maximum absolute atomic E-state index is 7.79. The summed E-state index contributed by atoms with van der Waals surface area (Å²) in [7, 11) is 0. The molecule has 16 heavy (non-hydrogen) atoms. The third kappa shape index (κ3) is 3.35. The summed E-state index contributed by atoms with van der Waals surface area (Å²) in [5.41, 5.74) is 7.72. The molecule has 0 radical (unpaired) electrons. The lowest BCUT2D eigenvalue weighted by molar-refractivity contribution is 0.590. The van der Waals surface area contributed by atoms with Crippen LogP contribution < -0.4 is 11.1 Å². The molecule has 0 aliphatic heterocycles. The Morgan fingerprint density at radius 3 is 2.25 bits per heavy atom. The standard InChI is InChI=1S/C13H21N3/c1-13(2,3)11-6-4-10(5-7-11)12(15)16-9-8-14/h4-7H,8-9,14H2,1-3H3,(H2,15,16). The first-order chi connectivity index (χ1) is 7.45. The highest BCUT2D eigenvalue weighted by atomic mass is 14.9. The Morgan fingerprint density at radius 1 is 1.25 bits per heavy atom. The topological polar surface area (TPSA) is 61.9 Å². The van der Waals surface area contributed by atoms with Crippen LogP contribution in [0, 0.1) is 5.41 Å². The van der Waals surface area contributed by atoms with Gasteiger partial charge in [-0.1, -0.05) is 45.0 Å². The van der Waals surface area contributed by atoms with Crippen molar-refractivity contribution in [3.8, 4) is 0 Å². The van der Waals surface area contributed by atoms with Crippen molar-refractivity contribution in [2.45, 2.75) is 26.2 Å². The fraction of sp³-hybridized carbons (Fsp3) is 0.462. The highest BCUT2D eigenvalue weighted by Crippen LogP contribution is 2.21. The molecule has 1 aromatic carbocycles. The molecule has 0 aromatic heterocycles. The number of benzene rings is 1. The largest absolute Gasteiger partial charge is 0.369 e. The Morgan fingerprint density at radius 2 is 1.81 bits per heavy atom. The highest BCUT2D eigenvalue weighted by Gasteiger charge is 2.13. The maximum atomic E-state index is 7.79. The average Bonchev–Trinajstić information content (AvgIpc) is 2.25. The SMILES string of the molecule is CC(C)(C)c1ccc(C(=N)NCCN)cc1. The quantitative estimate of drug-likeness (QED) is 0.537. The van der Waals surface area contributed by atoms with E-state index in [1.165, 1.54) is 5.56 Å². The first kappa shape index (κ1) is 12.7. The maximum Gasteiger partial charge on any atom is 0.125 e. The zero-order valence-corrected chi connectivity index (χ0v) is 10.3. The van der Waals surface area contributed by atoms with E-state index in [2.05, 4.69) is 38.2 Å². The molecule has 0 aliphatic rings. The van der Waals surface area contributed by atoms with Crippen LogP contribution in [0.3, 0.4) is 0 Å². The second-order valence-corrected chi connectivity index (χ2v) is 4.92. The van der Waals surface area contributed by atoms with Gasteiger partial charge < -0.3 is 11.1 Å². The van der Waals surface area contributed by atoms with E-state index < -0.39 is 0 Å². The van der Waals surface area contributed by atoms with Gasteiger partial charge in [0, 0.05) is 18.7 Å². The smallest absolute Gasteiger partial charge is 0.125 e. The predicted molar refractivity (Wildman–Crippen MR) is 69.0 cm³/mol. The van der Waals surface area contributed by atoms with Crippen LogP contribution in [0.4, 0.5) is 0 Å². The molecule has 88 valence electrons. The Hall–Kier alpha value is -1.35. The normalized spacial score (nSPS) is 11.2. The average molecular weight is 219 g/mol. The van der Waals surface area contributed by atoms with E-state index in [1.807, 2.05) is 12.1 Å². The molecule has 4 N–H and O–H groups in total. The minimum atomic E-state index is 0.158. The Kier molecular flexibility index (Phi) is 4.07. The first-order valence-corrected chi connectivity index (χ1v) is 5.58. The minimum absolute atomic E-state index is 0.158. The highest BCUT2D eigenvalue weighted by molar-refractivity contribution is 5.96. The summed E-state index contributed by atoms with van der Waals surface area (Å²) in [6, 6.07) is 8.11. The molecule has 0 saturated heterocycles. The number of rotatable bonds is 3. The predicted octanol–water partition coefficient (Wildman–Crippen LogP) is 1.86. The molecule has 1 aromatic rings. The van der Waals surface area contributed by atoms with Crippen LogP contribution >= 0.6 is 0 Å². The molecule has 0 atom stereocenters. The van der Waals surface area contributed by atoms with Crippen LogP contribution in [0.5, 0.6) is 0 Å². The number of hydrogen-bond donors (Lipinski definition) is 3. The van der Waals surface area contributed by atoms with E-state index in [0.717, 1.165) is 5.56 Å². The third-order valence-electron chi connectivity index (χ3n) is 2.49. The monoisotopic (exact) mass is 219 g/mol. The van der Waals surface area contributed by atoms with E-state index in [9.17, 15) is 0 Å². The lowest BCUT2D eigenvalue weighted by atomic mass is 9.86. The summed E-state index contributed by atoms with van der Waals surface area (Å²) in [5, 5.41) is 10.8. The van der Waals surface area contributed by atoms with Crippen molar-refractivity contribution in [1.29, 1.82) is 5.41 Å². The van der Waals surface area contributed by atoms with Gasteiger partial charge in [0.25, 0.3) is 0 Å². The van der Waals surface area contributed by atoms with E-state index in [4.69, 9.17) is 11.1 Å². The third-order valence-corrected chi connectivity index (χ3v) is 2.49. The van der Waals surface area contributed by atoms with Gasteiger partial charge in [-0.25, -0.2) is 0 Å². The van der Waals surface area contributed by atoms with Crippen molar-refractivity contribution in [3.05, 3.63) is 35.4 Å². The summed E-state index contributed by atoms with van der Waals surface area (Å²) < 4.78 is 0. The van der Waals surface area contributed by atoms with E-state index in [-0.39, 0.29) is 5.41 Å². The van der Waals surface area contributed by atoms with Gasteiger partial charge in [-0.05, 0) is 11.0 Å². The lowest BCUT2D eigenvalue weighted by Gasteiger charge is -2.19. The van der Waals surface area contributed by atoms with Crippen LogP contribution in [-0.4, -0.2) is 18.9 Å². The van der Waals surface area contributed by atoms with Crippen molar-refractivity contribution < 1.29 is 0 Å². The molecule has 0 bridgehead atoms. The molecular weight excluding hydrogens is 198 g/mol. The summed E-state index contributed by atoms with van der Waals surface area (Å²) in [6.45, 7) is 7.72. The van der Waals surface area contributed by atoms with Crippen LogP contribution in [-0.2, 0) is 5.41 Å². The molecule has 0 saturated carbocycles. The van der Waals surface area contributed by atoms with Gasteiger partial charge >= 0.3 is 0 Å². The van der Waals surface area contributed by atoms with Gasteiger partial charge in [-0.2, -0.15) is 0 Å². The van der Waals surface area contributed by atoms with Gasteiger partial charge in [0.2, 0.25) is 0 Å². The van der Waals surface area contributed by atoms with Crippen LogP contribution in [0.2, 0.25) is 0 Å². The van der Waals surface area contributed by atoms with Crippen molar-refractivity contribution in [2.75, 3.05) is 13.1 Å². The van der Waals surface area contributed by atoms with Gasteiger partial charge in [-0.3, -0.25) is 5.41 Å². The molecule has 0 aliphatic carbocycles. The molecule has 3 nitrogen and oxygen atoms in total. The van der Waals surface area contributed by atoms with E-state index >= 15 is 0 Å². The fourth-order valence-corrected chi connectivity index (χ4v) is 1.44. The fourth-order valence-electron chi connectivity index (χ4n) is 1.44. The summed E-state index contributed by atoms with van der Waals surface area (Å²) >= 11 is 0. The summed E-state index contributed by atoms with van der Waals surface area (Å²) in [4.78, 5) is 0. The lowest BCUT2D eigenvalue weighted by Crippen LogP contribution is -2.29. The zero-order chi connectivity index (χ0) is 12.2. The second kappa shape index (κ2) is 5.12. The first-order valence-electron chi connectivity index (χ1n) is 5.58. The number of amidine groups is 1. The van der Waals surface area contributed by atoms with Crippen molar-refractivity contribution in [3.63, 3.8) is 0 Å². The molecule has 0 spiro atoms. The van der Waals surface area contributed by atoms with E-state index in [0.29, 0.717) is 18.9 Å². The molecule has 0 unspecified atom stereocenters. The van der Waals surface area contributed by atoms with Gasteiger partial charge in [0.1, 0.15) is 5.84 Å². The van der Waals surface area contributed by atoms with Gasteiger partial charge in [-0.15, -0.1) is 0 Å². The van der Waals surface area contributed by atoms with Crippen molar-refractivity contribution in [2.24, 2.45) is 5.73 Å². The molecule has 0 fully saturated rings. The molecule has 0 amide bonds. The van der Waals surface area contributed by atoms with Crippen LogP contribution in [0.25, 0.3) is 0 Å². The molecule has 3 heteroatoms. The molecule has 0 heterocycles. The molecule has 1 rings (SSSR count). The zero-order valence-electron chi connectivity index (χ0n) is 10.3. The van der Waals surface area contributed by atoms with Gasteiger partial charge in [0.05, 0.1) is 0 Å². The van der Waals surface area contributed by atoms with Crippen molar-refractivity contribution in [1.82, 2.24) is 5.32 Å². The van der Waals surface area contributed by atoms with Crippen molar-refractivity contribution >= 4 is 5.84 Å². The Balaban J connectivity index is 2.75. The molecular formula is C13H21N3. The minimum Gasteiger partial charge on any atom is -0.369 e. The summed E-state index contributed by atoms with van der Waals surface area (Å²) in [6.07, 6.45) is 0.